The van der Waals surface area contributed by atoms with Crippen molar-refractivity contribution in [3.05, 3.63) is 84.2 Å². The highest BCUT2D eigenvalue weighted by Crippen LogP contribution is 2.31. The Bertz CT molecular complexity index is 952. The summed E-state index contributed by atoms with van der Waals surface area (Å²) in [6.07, 6.45) is 6.30. The molecule has 1 aromatic heterocycles. The topological polar surface area (TPSA) is 66.4 Å². The van der Waals surface area contributed by atoms with Crippen molar-refractivity contribution in [1.29, 1.82) is 0 Å². The van der Waals surface area contributed by atoms with E-state index in [1.165, 1.54) is 5.56 Å². The summed E-state index contributed by atoms with van der Waals surface area (Å²) in [5.74, 6) is -0.368. The number of nitrogens with zero attached hydrogens (tertiary/aromatic N) is 2. The predicted octanol–water partition coefficient (Wildman–Crippen LogP) is 4.17. The van der Waals surface area contributed by atoms with Gasteiger partial charge < -0.3 is 10.6 Å². The molecule has 2 heterocycles. The second-order valence-electron chi connectivity index (χ2n) is 6.42. The molecule has 0 radical (unpaired) electrons. The van der Waals surface area contributed by atoms with Gasteiger partial charge >= 0.3 is 0 Å². The molecule has 5 nitrogen and oxygen atoms in total. The third-order valence-corrected chi connectivity index (χ3v) is 4.54. The summed E-state index contributed by atoms with van der Waals surface area (Å²) in [4.78, 5) is 20.7. The van der Waals surface area contributed by atoms with Crippen LogP contribution in [0.4, 0.5) is 17.1 Å². The van der Waals surface area contributed by atoms with Crippen LogP contribution in [0.2, 0.25) is 0 Å². The number of carbonyl (C=O) groups is 1. The van der Waals surface area contributed by atoms with Gasteiger partial charge in [-0.1, -0.05) is 24.3 Å². The number of anilines is 2. The van der Waals surface area contributed by atoms with Crippen LogP contribution in [0.1, 0.15) is 17.0 Å². The molecule has 1 aliphatic rings. The molecule has 0 aliphatic carbocycles. The lowest BCUT2D eigenvalue weighted by Gasteiger charge is -2.07. The maximum Gasteiger partial charge on any atom is 0.237 e. The van der Waals surface area contributed by atoms with E-state index in [0.717, 1.165) is 35.6 Å². The van der Waals surface area contributed by atoms with Crippen molar-refractivity contribution in [2.24, 2.45) is 4.99 Å². The average Bonchev–Trinajstić information content (AvgIpc) is 3.03. The highest BCUT2D eigenvalue weighted by atomic mass is 16.2. The zero-order chi connectivity index (χ0) is 18.5. The van der Waals surface area contributed by atoms with Crippen molar-refractivity contribution < 1.29 is 4.79 Å². The number of pyridine rings is 1. The van der Waals surface area contributed by atoms with Gasteiger partial charge in [0.1, 0.15) is 5.92 Å². The van der Waals surface area contributed by atoms with Gasteiger partial charge in [0, 0.05) is 36.5 Å². The molecule has 0 spiro atoms. The van der Waals surface area contributed by atoms with Crippen LogP contribution < -0.4 is 10.6 Å². The highest BCUT2D eigenvalue weighted by molar-refractivity contribution is 6.12. The lowest BCUT2D eigenvalue weighted by molar-refractivity contribution is -0.115. The van der Waals surface area contributed by atoms with Gasteiger partial charge in [-0.25, -0.2) is 0 Å². The van der Waals surface area contributed by atoms with Crippen molar-refractivity contribution in [2.75, 3.05) is 17.2 Å². The fourth-order valence-electron chi connectivity index (χ4n) is 3.10. The van der Waals surface area contributed by atoms with Gasteiger partial charge in [-0.05, 0) is 53.9 Å². The number of aliphatic imine (C=N–C) groups is 1. The van der Waals surface area contributed by atoms with E-state index in [9.17, 15) is 4.79 Å². The molecule has 134 valence electrons. The molecule has 1 unspecified atom stereocenters. The maximum atomic E-state index is 12.1. The van der Waals surface area contributed by atoms with E-state index in [2.05, 4.69) is 26.7 Å². The van der Waals surface area contributed by atoms with Crippen LogP contribution in [0.15, 0.2) is 78.0 Å². The Morgan fingerprint density at radius 1 is 1.07 bits per heavy atom. The van der Waals surface area contributed by atoms with Crippen LogP contribution in [-0.4, -0.2) is 23.7 Å². The van der Waals surface area contributed by atoms with E-state index in [4.69, 9.17) is 0 Å². The Balaban J connectivity index is 1.35. The van der Waals surface area contributed by atoms with Crippen molar-refractivity contribution in [2.45, 2.75) is 12.3 Å². The second-order valence-corrected chi connectivity index (χ2v) is 6.42. The standard InChI is InChI=1S/C22H20N4O/c27-22-20(19-5-1-2-6-21(19)26-22)15-25-18-9-7-17(8-10-18)24-13-11-16-4-3-12-23-14-16/h1-10,12,14-15,20,24H,11,13H2,(H,26,27). The minimum absolute atomic E-state index is 0.0337. The van der Waals surface area contributed by atoms with Crippen molar-refractivity contribution in [3.8, 4) is 0 Å². The van der Waals surface area contributed by atoms with Crippen molar-refractivity contribution in [1.82, 2.24) is 4.98 Å². The van der Waals surface area contributed by atoms with E-state index in [1.54, 1.807) is 12.4 Å². The minimum atomic E-state index is -0.335. The Morgan fingerprint density at radius 2 is 1.93 bits per heavy atom. The molecule has 2 N–H and O–H groups in total. The summed E-state index contributed by atoms with van der Waals surface area (Å²) in [5.41, 5.74) is 4.92. The molecule has 4 rings (SSSR count). The number of para-hydroxylation sites is 1. The summed E-state index contributed by atoms with van der Waals surface area (Å²) < 4.78 is 0. The summed E-state index contributed by atoms with van der Waals surface area (Å²) in [6.45, 7) is 0.841. The first kappa shape index (κ1) is 17.0. The third kappa shape index (κ3) is 4.03. The van der Waals surface area contributed by atoms with Crippen LogP contribution >= 0.6 is 0 Å². The normalized spacial score (nSPS) is 15.6. The van der Waals surface area contributed by atoms with E-state index < -0.39 is 0 Å². The number of fused-ring (bicyclic) bond motifs is 1. The molecule has 3 aromatic rings. The molecule has 2 aromatic carbocycles. The zero-order valence-corrected chi connectivity index (χ0v) is 14.8. The number of hydrogen-bond acceptors (Lipinski definition) is 4. The van der Waals surface area contributed by atoms with Gasteiger partial charge in [-0.2, -0.15) is 0 Å². The predicted molar refractivity (Wildman–Crippen MR) is 109 cm³/mol. The van der Waals surface area contributed by atoms with Crippen molar-refractivity contribution >= 4 is 29.2 Å². The molecule has 0 fully saturated rings. The lowest BCUT2D eigenvalue weighted by atomic mass is 10.0. The van der Waals surface area contributed by atoms with E-state index in [-0.39, 0.29) is 11.8 Å². The molecule has 1 atom stereocenters. The fraction of sp³-hybridized carbons (Fsp3) is 0.136. The van der Waals surface area contributed by atoms with Crippen molar-refractivity contribution in [3.63, 3.8) is 0 Å². The van der Waals surface area contributed by atoms with Gasteiger partial charge in [0.2, 0.25) is 5.91 Å². The molecule has 0 saturated carbocycles. The minimum Gasteiger partial charge on any atom is -0.385 e. The first-order valence-electron chi connectivity index (χ1n) is 8.96. The van der Waals surface area contributed by atoms with Crippen LogP contribution in [0, 0.1) is 0 Å². The van der Waals surface area contributed by atoms with Gasteiger partial charge in [0.15, 0.2) is 0 Å². The number of hydrogen-bond donors (Lipinski definition) is 2. The van der Waals surface area contributed by atoms with E-state index in [1.807, 2.05) is 60.8 Å². The second kappa shape index (κ2) is 7.83. The highest BCUT2D eigenvalue weighted by Gasteiger charge is 2.28. The van der Waals surface area contributed by atoms with E-state index in [0.29, 0.717) is 0 Å². The van der Waals surface area contributed by atoms with Gasteiger partial charge in [-0.15, -0.1) is 0 Å². The Labute approximate surface area is 158 Å². The number of rotatable bonds is 6. The molecular weight excluding hydrogens is 336 g/mol. The smallest absolute Gasteiger partial charge is 0.237 e. The monoisotopic (exact) mass is 356 g/mol. The zero-order valence-electron chi connectivity index (χ0n) is 14.8. The molecule has 1 aliphatic heterocycles. The SMILES string of the molecule is O=C1Nc2ccccc2C1C=Nc1ccc(NCCc2cccnc2)cc1. The largest absolute Gasteiger partial charge is 0.385 e. The van der Waals surface area contributed by atoms with E-state index >= 15 is 0 Å². The molecule has 0 bridgehead atoms. The average molecular weight is 356 g/mol. The number of benzene rings is 2. The summed E-state index contributed by atoms with van der Waals surface area (Å²) in [5, 5.41) is 6.28. The van der Waals surface area contributed by atoms with Crippen LogP contribution in [0.3, 0.4) is 0 Å². The number of carbonyl (C=O) groups excluding carboxylic acids is 1. The van der Waals surface area contributed by atoms with Crippen LogP contribution in [0.5, 0.6) is 0 Å². The Morgan fingerprint density at radius 3 is 2.74 bits per heavy atom. The Kier molecular flexibility index (Phi) is 4.92. The van der Waals surface area contributed by atoms with Gasteiger partial charge in [0.05, 0.1) is 5.69 Å². The number of aromatic nitrogens is 1. The first-order valence-corrected chi connectivity index (χ1v) is 8.96. The number of amides is 1. The summed E-state index contributed by atoms with van der Waals surface area (Å²) in [6, 6.07) is 19.6. The molecule has 27 heavy (non-hydrogen) atoms. The van der Waals surface area contributed by atoms with Gasteiger partial charge in [-0.3, -0.25) is 14.8 Å². The summed E-state index contributed by atoms with van der Waals surface area (Å²) >= 11 is 0. The lowest BCUT2D eigenvalue weighted by Crippen LogP contribution is -2.12. The summed E-state index contributed by atoms with van der Waals surface area (Å²) in [7, 11) is 0. The fourth-order valence-corrected chi connectivity index (χ4v) is 3.10. The number of nitrogens with one attached hydrogen (secondary N) is 2. The van der Waals surface area contributed by atoms with Gasteiger partial charge in [0.25, 0.3) is 0 Å². The molecule has 5 heteroatoms. The first-order chi connectivity index (χ1) is 13.3. The third-order valence-electron chi connectivity index (χ3n) is 4.54. The molecule has 1 amide bonds. The quantitative estimate of drug-likeness (QED) is 0.651. The maximum absolute atomic E-state index is 12.1. The molecular formula is C22H20N4O. The van der Waals surface area contributed by atoms with Crippen LogP contribution in [0.25, 0.3) is 0 Å². The Hall–Kier alpha value is -3.47. The van der Waals surface area contributed by atoms with Crippen LogP contribution in [-0.2, 0) is 11.2 Å². The molecule has 0 saturated heterocycles.